The predicted octanol–water partition coefficient (Wildman–Crippen LogP) is 9.47. The Morgan fingerprint density at radius 3 is 2.02 bits per heavy atom. The fraction of sp³-hybridized carbons (Fsp3) is 0.333. The molecule has 1 atom stereocenters. The number of benzene rings is 4. The van der Waals surface area contributed by atoms with E-state index in [2.05, 4.69) is 116 Å². The van der Waals surface area contributed by atoms with Gasteiger partial charge in [0.25, 0.3) is 0 Å². The van der Waals surface area contributed by atoms with Crippen LogP contribution in [0.25, 0.3) is 16.8 Å². The number of nitrogens with zero attached hydrogens (tertiary/aromatic N) is 1. The Bertz CT molecular complexity index is 1610. The van der Waals surface area contributed by atoms with Gasteiger partial charge in [0, 0.05) is 35.7 Å². The number of hydrogen-bond acceptors (Lipinski definition) is 4. The van der Waals surface area contributed by atoms with Crippen LogP contribution < -0.4 is 15.5 Å². The van der Waals surface area contributed by atoms with Crippen molar-refractivity contribution < 1.29 is 9.59 Å². The van der Waals surface area contributed by atoms with Gasteiger partial charge in [-0.05, 0) is 77.6 Å². The van der Waals surface area contributed by atoms with Crippen molar-refractivity contribution >= 4 is 28.8 Å². The third kappa shape index (κ3) is 9.22. The molecule has 0 radical (unpaired) electrons. The lowest BCUT2D eigenvalue weighted by molar-refractivity contribution is -0.126. The van der Waals surface area contributed by atoms with Gasteiger partial charge in [0.15, 0.2) is 0 Å². The van der Waals surface area contributed by atoms with Gasteiger partial charge in [0.1, 0.15) is 5.78 Å². The molecule has 5 heteroatoms. The zero-order valence-corrected chi connectivity index (χ0v) is 29.0. The second-order valence-corrected chi connectivity index (χ2v) is 13.2. The van der Waals surface area contributed by atoms with Crippen LogP contribution >= 0.6 is 0 Å². The molecular weight excluding hydrogens is 578 g/mol. The fourth-order valence-electron chi connectivity index (χ4n) is 6.26. The maximum absolute atomic E-state index is 13.2. The molecular formula is C42H51N3O2. The summed E-state index contributed by atoms with van der Waals surface area (Å²) < 4.78 is 0. The van der Waals surface area contributed by atoms with E-state index in [0.29, 0.717) is 0 Å². The van der Waals surface area contributed by atoms with E-state index in [-0.39, 0.29) is 35.5 Å². The van der Waals surface area contributed by atoms with Crippen molar-refractivity contribution in [1.82, 2.24) is 5.32 Å². The summed E-state index contributed by atoms with van der Waals surface area (Å²) in [6, 6.07) is 35.7. The van der Waals surface area contributed by atoms with Crippen molar-refractivity contribution in [2.45, 2.75) is 65.7 Å². The van der Waals surface area contributed by atoms with Crippen molar-refractivity contribution in [2.24, 2.45) is 5.92 Å². The largest absolute Gasteiger partial charge is 0.372 e. The number of carbonyl (C=O) groups is 2. The van der Waals surface area contributed by atoms with Crippen LogP contribution in [0.5, 0.6) is 0 Å². The van der Waals surface area contributed by atoms with E-state index in [0.717, 1.165) is 54.0 Å². The Balaban J connectivity index is 0.00000245. The zero-order chi connectivity index (χ0) is 34.0. The van der Waals surface area contributed by atoms with Gasteiger partial charge in [-0.15, -0.1) is 0 Å². The van der Waals surface area contributed by atoms with Crippen LogP contribution in [-0.2, 0) is 15.0 Å². The Kier molecular flexibility index (Phi) is 12.2. The Labute approximate surface area is 282 Å². The minimum Gasteiger partial charge on any atom is -0.372 e. The van der Waals surface area contributed by atoms with E-state index in [9.17, 15) is 9.59 Å². The molecule has 1 aliphatic rings. The average Bonchev–Trinajstić information content (AvgIpc) is 3.09. The summed E-state index contributed by atoms with van der Waals surface area (Å²) in [5.41, 5.74) is 8.85. The number of ketones is 1. The molecule has 1 saturated heterocycles. The van der Waals surface area contributed by atoms with Gasteiger partial charge >= 0.3 is 0 Å². The molecule has 0 bridgehead atoms. The molecule has 2 N–H and O–H groups in total. The highest BCUT2D eigenvalue weighted by Gasteiger charge is 2.32. The van der Waals surface area contributed by atoms with E-state index in [4.69, 9.17) is 0 Å². The fourth-order valence-corrected chi connectivity index (χ4v) is 6.26. The first-order valence-corrected chi connectivity index (χ1v) is 16.9. The molecule has 1 amide bonds. The molecule has 0 aromatic heterocycles. The molecule has 0 saturated carbocycles. The number of carbonyl (C=O) groups excluding carboxylic acids is 2. The topological polar surface area (TPSA) is 61.4 Å². The quantitative estimate of drug-likeness (QED) is 0.183. The zero-order valence-electron chi connectivity index (χ0n) is 29.0. The van der Waals surface area contributed by atoms with Crippen LogP contribution in [0.15, 0.2) is 110 Å². The van der Waals surface area contributed by atoms with Crippen LogP contribution in [0.2, 0.25) is 0 Å². The summed E-state index contributed by atoms with van der Waals surface area (Å²) in [7, 11) is 0. The third-order valence-corrected chi connectivity index (χ3v) is 8.81. The van der Waals surface area contributed by atoms with Crippen LogP contribution in [0, 0.1) is 5.92 Å². The first-order valence-electron chi connectivity index (χ1n) is 16.9. The third-order valence-electron chi connectivity index (χ3n) is 8.81. The van der Waals surface area contributed by atoms with Crippen molar-refractivity contribution in [2.75, 3.05) is 29.9 Å². The number of amides is 1. The van der Waals surface area contributed by atoms with Crippen molar-refractivity contribution in [3.05, 3.63) is 126 Å². The first-order chi connectivity index (χ1) is 22.6. The van der Waals surface area contributed by atoms with Gasteiger partial charge in [0.2, 0.25) is 5.91 Å². The normalized spacial score (nSPS) is 14.0. The highest BCUT2D eigenvalue weighted by Crippen LogP contribution is 2.35. The number of Topliss-reactive ketones (excluding diaryl/α,β-unsaturated/α-hetero) is 1. The van der Waals surface area contributed by atoms with Crippen molar-refractivity contribution in [3.8, 4) is 11.1 Å². The molecule has 5 rings (SSSR count). The van der Waals surface area contributed by atoms with E-state index in [1.54, 1.807) is 0 Å². The van der Waals surface area contributed by atoms with Crippen molar-refractivity contribution in [1.29, 1.82) is 0 Å². The number of hydrogen-bond donors (Lipinski definition) is 2. The molecule has 4 aromatic rings. The highest BCUT2D eigenvalue weighted by atomic mass is 16.2. The molecule has 1 unspecified atom stereocenters. The Morgan fingerprint density at radius 2 is 1.43 bits per heavy atom. The van der Waals surface area contributed by atoms with Gasteiger partial charge in [-0.1, -0.05) is 120 Å². The molecule has 1 aliphatic heterocycles. The SMILES string of the molecule is C=C(Nc1ccc(N2CCC(C(C(=O)NCC(C)=O)c3ccccc3)CC2)cc1)c1ccccc1-c1ccc(C(C)(C)C)cc1.CC. The molecule has 1 fully saturated rings. The second kappa shape index (κ2) is 16.3. The van der Waals surface area contributed by atoms with Crippen LogP contribution in [0.1, 0.15) is 77.0 Å². The van der Waals surface area contributed by atoms with Gasteiger partial charge in [-0.3, -0.25) is 9.59 Å². The molecule has 0 spiro atoms. The highest BCUT2D eigenvalue weighted by molar-refractivity contribution is 5.89. The molecule has 5 nitrogen and oxygen atoms in total. The summed E-state index contributed by atoms with van der Waals surface area (Å²) in [4.78, 5) is 27.1. The maximum Gasteiger partial charge on any atom is 0.228 e. The number of anilines is 2. The molecule has 1 heterocycles. The smallest absolute Gasteiger partial charge is 0.228 e. The summed E-state index contributed by atoms with van der Waals surface area (Å²) in [5, 5.41) is 6.38. The van der Waals surface area contributed by atoms with Gasteiger partial charge in [-0.2, -0.15) is 0 Å². The molecule has 246 valence electrons. The van der Waals surface area contributed by atoms with E-state index in [1.807, 2.05) is 44.2 Å². The Hall–Kier alpha value is -4.64. The minimum absolute atomic E-state index is 0.0402. The number of rotatable bonds is 10. The molecule has 47 heavy (non-hydrogen) atoms. The maximum atomic E-state index is 13.2. The predicted molar refractivity (Wildman–Crippen MR) is 199 cm³/mol. The van der Waals surface area contributed by atoms with Crippen LogP contribution in [0.4, 0.5) is 11.4 Å². The second-order valence-electron chi connectivity index (χ2n) is 13.2. The number of piperidine rings is 1. The molecule has 0 aliphatic carbocycles. The standard InChI is InChI=1S/C40H45N3O2.C2H6/c1-28(44)27-41-39(45)38(31-11-7-6-8-12-31)32-23-25-43(26-24-32)35-21-19-34(20-22-35)42-29(2)36-13-9-10-14-37(36)30-15-17-33(18-16-30)40(3,4)5;1-2/h6-22,32,38,42H,2,23-27H2,1,3-5H3,(H,41,45);1-2H3. The minimum atomic E-state index is -0.260. The lowest BCUT2D eigenvalue weighted by Gasteiger charge is -2.37. The summed E-state index contributed by atoms with van der Waals surface area (Å²) in [6.45, 7) is 18.4. The van der Waals surface area contributed by atoms with Gasteiger partial charge in [-0.25, -0.2) is 0 Å². The lowest BCUT2D eigenvalue weighted by atomic mass is 9.79. The Morgan fingerprint density at radius 1 is 0.830 bits per heavy atom. The lowest BCUT2D eigenvalue weighted by Crippen LogP contribution is -2.41. The van der Waals surface area contributed by atoms with Crippen LogP contribution in [0.3, 0.4) is 0 Å². The molecule has 4 aromatic carbocycles. The van der Waals surface area contributed by atoms with E-state index >= 15 is 0 Å². The van der Waals surface area contributed by atoms with E-state index in [1.165, 1.54) is 23.7 Å². The van der Waals surface area contributed by atoms with Gasteiger partial charge in [0.05, 0.1) is 12.5 Å². The average molecular weight is 630 g/mol. The first kappa shape index (κ1) is 35.2. The summed E-state index contributed by atoms with van der Waals surface area (Å²) in [6.07, 6.45) is 1.80. The van der Waals surface area contributed by atoms with Crippen LogP contribution in [-0.4, -0.2) is 31.3 Å². The monoisotopic (exact) mass is 629 g/mol. The van der Waals surface area contributed by atoms with Gasteiger partial charge < -0.3 is 15.5 Å². The summed E-state index contributed by atoms with van der Waals surface area (Å²) >= 11 is 0. The summed E-state index contributed by atoms with van der Waals surface area (Å²) in [5.74, 6) is -0.148. The van der Waals surface area contributed by atoms with Crippen molar-refractivity contribution in [3.63, 3.8) is 0 Å². The van der Waals surface area contributed by atoms with E-state index < -0.39 is 0 Å². The number of nitrogens with one attached hydrogen (secondary N) is 2.